The molecule has 0 aromatic carbocycles. The number of aromatic nitrogens is 1. The molecule has 3 nitrogen and oxygen atoms in total. The molecule has 0 aliphatic rings. The molecule has 1 aromatic heterocycles. The SMILES string of the molecule is CCc1nc(Br)c(C(=O)O)cc1Br. The molecule has 0 spiro atoms. The van der Waals surface area contributed by atoms with Crippen LogP contribution in [-0.4, -0.2) is 16.1 Å². The summed E-state index contributed by atoms with van der Waals surface area (Å²) in [6.07, 6.45) is 0.763. The predicted molar refractivity (Wildman–Crippen MR) is 56.0 cm³/mol. The Kier molecular flexibility index (Phi) is 3.44. The highest BCUT2D eigenvalue weighted by Gasteiger charge is 2.12. The molecule has 5 heteroatoms. The van der Waals surface area contributed by atoms with Gasteiger partial charge in [-0.2, -0.15) is 0 Å². The molecule has 13 heavy (non-hydrogen) atoms. The molecule has 0 fully saturated rings. The third-order valence-corrected chi connectivity index (χ3v) is 2.86. The maximum absolute atomic E-state index is 10.7. The van der Waals surface area contributed by atoms with Gasteiger partial charge >= 0.3 is 5.97 Å². The second-order valence-corrected chi connectivity index (χ2v) is 4.02. The van der Waals surface area contributed by atoms with Crippen molar-refractivity contribution in [2.24, 2.45) is 0 Å². The van der Waals surface area contributed by atoms with Gasteiger partial charge in [0, 0.05) is 4.47 Å². The first-order valence-corrected chi connectivity index (χ1v) is 5.23. The highest BCUT2D eigenvalue weighted by Crippen LogP contribution is 2.22. The van der Waals surface area contributed by atoms with Crippen molar-refractivity contribution in [1.82, 2.24) is 4.98 Å². The van der Waals surface area contributed by atoms with E-state index in [0.717, 1.165) is 16.6 Å². The van der Waals surface area contributed by atoms with Crippen LogP contribution >= 0.6 is 31.9 Å². The molecule has 0 amide bonds. The molecule has 0 aliphatic carbocycles. The Hall–Kier alpha value is -0.420. The molecule has 0 radical (unpaired) electrons. The Bertz CT molecular complexity index is 352. The minimum Gasteiger partial charge on any atom is -0.478 e. The monoisotopic (exact) mass is 307 g/mol. The quantitative estimate of drug-likeness (QED) is 0.855. The summed E-state index contributed by atoms with van der Waals surface area (Å²) >= 11 is 6.37. The van der Waals surface area contributed by atoms with Crippen LogP contribution in [0.25, 0.3) is 0 Å². The van der Waals surface area contributed by atoms with Gasteiger partial charge < -0.3 is 5.11 Å². The number of carboxylic acids is 1. The number of nitrogens with zero attached hydrogens (tertiary/aromatic N) is 1. The highest BCUT2D eigenvalue weighted by molar-refractivity contribution is 9.11. The molecule has 0 atom stereocenters. The molecule has 1 rings (SSSR count). The minimum atomic E-state index is -0.984. The second-order valence-electron chi connectivity index (χ2n) is 2.41. The number of carboxylic acid groups (broad SMARTS) is 1. The predicted octanol–water partition coefficient (Wildman–Crippen LogP) is 2.87. The van der Waals surface area contributed by atoms with Gasteiger partial charge in [0.2, 0.25) is 0 Å². The van der Waals surface area contributed by atoms with Gasteiger partial charge in [0.15, 0.2) is 0 Å². The number of carbonyl (C=O) groups is 1. The van der Waals surface area contributed by atoms with Crippen molar-refractivity contribution in [2.75, 3.05) is 0 Å². The van der Waals surface area contributed by atoms with E-state index >= 15 is 0 Å². The average molecular weight is 309 g/mol. The molecular formula is C8H7Br2NO2. The van der Waals surface area contributed by atoms with Crippen LogP contribution in [0, 0.1) is 0 Å². The van der Waals surface area contributed by atoms with Gasteiger partial charge in [0.25, 0.3) is 0 Å². The number of aryl methyl sites for hydroxylation is 1. The summed E-state index contributed by atoms with van der Waals surface area (Å²) in [5.41, 5.74) is 1.01. The van der Waals surface area contributed by atoms with Crippen LogP contribution in [0.4, 0.5) is 0 Å². The van der Waals surface area contributed by atoms with Crippen molar-refractivity contribution in [3.05, 3.63) is 26.4 Å². The minimum absolute atomic E-state index is 0.170. The lowest BCUT2D eigenvalue weighted by molar-refractivity contribution is 0.0695. The van der Waals surface area contributed by atoms with Gasteiger partial charge in [-0.3, -0.25) is 0 Å². The van der Waals surface area contributed by atoms with E-state index < -0.39 is 5.97 Å². The molecular weight excluding hydrogens is 302 g/mol. The molecule has 1 N–H and O–H groups in total. The maximum atomic E-state index is 10.7. The molecule has 0 saturated heterocycles. The van der Waals surface area contributed by atoms with Crippen molar-refractivity contribution in [2.45, 2.75) is 13.3 Å². The number of rotatable bonds is 2. The summed E-state index contributed by atoms with van der Waals surface area (Å²) < 4.78 is 1.11. The number of hydrogen-bond donors (Lipinski definition) is 1. The van der Waals surface area contributed by atoms with Crippen molar-refractivity contribution >= 4 is 37.8 Å². The van der Waals surface area contributed by atoms with Crippen molar-refractivity contribution < 1.29 is 9.90 Å². The van der Waals surface area contributed by atoms with E-state index in [1.165, 1.54) is 0 Å². The Morgan fingerprint density at radius 3 is 2.69 bits per heavy atom. The normalized spacial score (nSPS) is 10.1. The van der Waals surface area contributed by atoms with Gasteiger partial charge in [-0.05, 0) is 44.3 Å². The zero-order valence-corrected chi connectivity index (χ0v) is 10.0. The van der Waals surface area contributed by atoms with Crippen molar-refractivity contribution in [3.63, 3.8) is 0 Å². The van der Waals surface area contributed by atoms with E-state index in [9.17, 15) is 4.79 Å². The average Bonchev–Trinajstić information content (AvgIpc) is 2.07. The van der Waals surface area contributed by atoms with Crippen LogP contribution in [0.1, 0.15) is 23.0 Å². The van der Waals surface area contributed by atoms with Gasteiger partial charge in [-0.25, -0.2) is 9.78 Å². The third-order valence-electron chi connectivity index (χ3n) is 1.57. The van der Waals surface area contributed by atoms with Crippen LogP contribution in [-0.2, 0) is 6.42 Å². The lowest BCUT2D eigenvalue weighted by Gasteiger charge is -2.03. The van der Waals surface area contributed by atoms with Gasteiger partial charge in [0.1, 0.15) is 4.60 Å². The summed E-state index contributed by atoms with van der Waals surface area (Å²) in [4.78, 5) is 14.8. The molecule has 0 bridgehead atoms. The Balaban J connectivity index is 3.28. The molecule has 0 saturated carbocycles. The topological polar surface area (TPSA) is 50.2 Å². The summed E-state index contributed by atoms with van der Waals surface area (Å²) in [7, 11) is 0. The van der Waals surface area contributed by atoms with Gasteiger partial charge in [-0.1, -0.05) is 6.92 Å². The fraction of sp³-hybridized carbons (Fsp3) is 0.250. The number of aromatic carboxylic acids is 1. The largest absolute Gasteiger partial charge is 0.478 e. The van der Waals surface area contributed by atoms with Crippen LogP contribution in [0.15, 0.2) is 15.1 Å². The van der Waals surface area contributed by atoms with E-state index in [1.54, 1.807) is 6.07 Å². The number of hydrogen-bond acceptors (Lipinski definition) is 2. The zero-order valence-electron chi connectivity index (χ0n) is 6.84. The van der Waals surface area contributed by atoms with Gasteiger partial charge in [-0.15, -0.1) is 0 Å². The molecule has 70 valence electrons. The van der Waals surface area contributed by atoms with E-state index in [1.807, 2.05) is 6.92 Å². The van der Waals surface area contributed by atoms with E-state index in [-0.39, 0.29) is 5.56 Å². The summed E-state index contributed by atoms with van der Waals surface area (Å²) in [5, 5.41) is 8.76. The highest BCUT2D eigenvalue weighted by atomic mass is 79.9. The van der Waals surface area contributed by atoms with Gasteiger partial charge in [0.05, 0.1) is 11.3 Å². The van der Waals surface area contributed by atoms with Crippen LogP contribution in [0.2, 0.25) is 0 Å². The summed E-state index contributed by atoms with van der Waals surface area (Å²) in [5.74, 6) is -0.984. The van der Waals surface area contributed by atoms with Crippen LogP contribution in [0.3, 0.4) is 0 Å². The zero-order chi connectivity index (χ0) is 10.0. The van der Waals surface area contributed by atoms with E-state index in [4.69, 9.17) is 5.11 Å². The third kappa shape index (κ3) is 2.28. The van der Waals surface area contributed by atoms with Crippen molar-refractivity contribution in [3.8, 4) is 0 Å². The molecule has 0 aliphatic heterocycles. The van der Waals surface area contributed by atoms with Crippen LogP contribution < -0.4 is 0 Å². The molecule has 1 heterocycles. The van der Waals surface area contributed by atoms with E-state index in [2.05, 4.69) is 36.8 Å². The Labute approximate surface area is 92.4 Å². The smallest absolute Gasteiger partial charge is 0.338 e. The van der Waals surface area contributed by atoms with E-state index in [0.29, 0.717) is 4.60 Å². The molecule has 1 aromatic rings. The number of halogens is 2. The fourth-order valence-corrected chi connectivity index (χ4v) is 2.00. The first-order valence-electron chi connectivity index (χ1n) is 3.64. The lowest BCUT2D eigenvalue weighted by atomic mass is 10.2. The standard InChI is InChI=1S/C8H7Br2NO2/c1-2-6-5(9)3-4(8(12)13)7(10)11-6/h3H,2H2,1H3,(H,12,13). The first-order chi connectivity index (χ1) is 6.06. The van der Waals surface area contributed by atoms with Crippen LogP contribution in [0.5, 0.6) is 0 Å². The second kappa shape index (κ2) is 4.19. The Morgan fingerprint density at radius 2 is 2.23 bits per heavy atom. The Morgan fingerprint density at radius 1 is 1.62 bits per heavy atom. The lowest BCUT2D eigenvalue weighted by Crippen LogP contribution is -2.02. The number of pyridine rings is 1. The maximum Gasteiger partial charge on any atom is 0.338 e. The molecule has 0 unspecified atom stereocenters. The first kappa shape index (κ1) is 10.7. The van der Waals surface area contributed by atoms with Crippen molar-refractivity contribution in [1.29, 1.82) is 0 Å². The fourth-order valence-electron chi connectivity index (χ4n) is 0.900. The summed E-state index contributed by atoms with van der Waals surface area (Å²) in [6, 6.07) is 1.55. The summed E-state index contributed by atoms with van der Waals surface area (Å²) in [6.45, 7) is 1.96.